The highest BCUT2D eigenvalue weighted by molar-refractivity contribution is 5.96. The number of rotatable bonds is 4. The largest absolute Gasteiger partial charge is 0.378 e. The molecule has 0 bridgehead atoms. The molecule has 0 radical (unpaired) electrons. The molecule has 3 unspecified atom stereocenters. The van der Waals surface area contributed by atoms with Gasteiger partial charge in [0.05, 0.1) is 6.10 Å². The Balaban J connectivity index is 2.02. The van der Waals surface area contributed by atoms with E-state index in [1.165, 1.54) is 0 Å². The first-order chi connectivity index (χ1) is 9.00. The molecule has 0 aromatic heterocycles. The molecular formula is C14H24N2O3. The van der Waals surface area contributed by atoms with Gasteiger partial charge in [0.25, 0.3) is 0 Å². The summed E-state index contributed by atoms with van der Waals surface area (Å²) in [7, 11) is 0. The first-order valence-corrected chi connectivity index (χ1v) is 7.23. The van der Waals surface area contributed by atoms with Gasteiger partial charge in [-0.2, -0.15) is 0 Å². The molecule has 0 spiro atoms. The quantitative estimate of drug-likeness (QED) is 0.825. The lowest BCUT2D eigenvalue weighted by Gasteiger charge is -2.40. The molecule has 0 aliphatic carbocycles. The van der Waals surface area contributed by atoms with Crippen LogP contribution in [0.2, 0.25) is 0 Å². The molecule has 2 saturated heterocycles. The number of piperazine rings is 1. The highest BCUT2D eigenvalue weighted by atomic mass is 16.5. The fourth-order valence-electron chi connectivity index (χ4n) is 2.95. The van der Waals surface area contributed by atoms with Crippen molar-refractivity contribution in [3.63, 3.8) is 0 Å². The van der Waals surface area contributed by atoms with Crippen molar-refractivity contribution in [3.05, 3.63) is 0 Å². The van der Waals surface area contributed by atoms with Gasteiger partial charge in [-0.05, 0) is 32.1 Å². The summed E-state index contributed by atoms with van der Waals surface area (Å²) in [6.45, 7) is 7.14. The molecule has 108 valence electrons. The first-order valence-electron chi connectivity index (χ1n) is 7.23. The normalized spacial score (nSPS) is 32.0. The zero-order chi connectivity index (χ0) is 14.0. The molecule has 0 aromatic carbocycles. The van der Waals surface area contributed by atoms with E-state index in [1.807, 2.05) is 13.8 Å². The number of ether oxygens (including phenoxy) is 1. The number of hydrogen-bond acceptors (Lipinski definition) is 3. The van der Waals surface area contributed by atoms with Gasteiger partial charge < -0.3 is 15.0 Å². The van der Waals surface area contributed by atoms with E-state index in [4.69, 9.17) is 4.74 Å². The molecule has 2 heterocycles. The lowest BCUT2D eigenvalue weighted by atomic mass is 9.97. The van der Waals surface area contributed by atoms with Gasteiger partial charge in [0.15, 0.2) is 0 Å². The smallest absolute Gasteiger partial charge is 0.245 e. The van der Waals surface area contributed by atoms with Crippen LogP contribution in [0.4, 0.5) is 0 Å². The van der Waals surface area contributed by atoms with Crippen molar-refractivity contribution in [3.8, 4) is 0 Å². The average molecular weight is 268 g/mol. The standard InChI is InChI=1S/C14H24N2O3/c1-9(2)12-13(17)15-10(3)14(18)16(12)7-6-11-5-4-8-19-11/h9-12H,4-8H2,1-3H3,(H,15,17). The zero-order valence-electron chi connectivity index (χ0n) is 12.0. The summed E-state index contributed by atoms with van der Waals surface area (Å²) in [6.07, 6.45) is 3.25. The zero-order valence-corrected chi connectivity index (χ0v) is 12.0. The summed E-state index contributed by atoms with van der Waals surface area (Å²) >= 11 is 0. The lowest BCUT2D eigenvalue weighted by molar-refractivity contribution is -0.151. The third-order valence-corrected chi connectivity index (χ3v) is 3.96. The van der Waals surface area contributed by atoms with Crippen LogP contribution in [-0.4, -0.2) is 48.1 Å². The van der Waals surface area contributed by atoms with E-state index in [0.29, 0.717) is 6.54 Å². The van der Waals surface area contributed by atoms with Gasteiger partial charge in [-0.15, -0.1) is 0 Å². The maximum absolute atomic E-state index is 12.3. The maximum atomic E-state index is 12.3. The number of nitrogens with zero attached hydrogens (tertiary/aromatic N) is 1. The highest BCUT2D eigenvalue weighted by Crippen LogP contribution is 2.21. The predicted molar refractivity (Wildman–Crippen MR) is 71.5 cm³/mol. The summed E-state index contributed by atoms with van der Waals surface area (Å²) in [5.74, 6) is 0.117. The van der Waals surface area contributed by atoms with Crippen molar-refractivity contribution in [1.82, 2.24) is 10.2 Å². The maximum Gasteiger partial charge on any atom is 0.245 e. The molecule has 2 aliphatic rings. The van der Waals surface area contributed by atoms with Crippen LogP contribution < -0.4 is 5.32 Å². The Morgan fingerprint density at radius 1 is 1.42 bits per heavy atom. The summed E-state index contributed by atoms with van der Waals surface area (Å²) in [4.78, 5) is 26.1. The summed E-state index contributed by atoms with van der Waals surface area (Å²) in [6, 6.07) is -0.753. The number of carbonyl (C=O) groups excluding carboxylic acids is 2. The van der Waals surface area contributed by atoms with Gasteiger partial charge >= 0.3 is 0 Å². The van der Waals surface area contributed by atoms with E-state index in [9.17, 15) is 9.59 Å². The monoisotopic (exact) mass is 268 g/mol. The van der Waals surface area contributed by atoms with Crippen LogP contribution in [0.1, 0.15) is 40.0 Å². The van der Waals surface area contributed by atoms with Crippen molar-refractivity contribution >= 4 is 11.8 Å². The van der Waals surface area contributed by atoms with Gasteiger partial charge in [0.2, 0.25) is 11.8 Å². The lowest BCUT2D eigenvalue weighted by Crippen LogP contribution is -2.64. The van der Waals surface area contributed by atoms with Crippen molar-refractivity contribution in [2.45, 2.75) is 58.2 Å². The summed E-state index contributed by atoms with van der Waals surface area (Å²) in [5, 5.41) is 2.76. The molecule has 0 saturated carbocycles. The molecule has 1 N–H and O–H groups in total. The molecule has 2 rings (SSSR count). The number of amides is 2. The Morgan fingerprint density at radius 3 is 2.74 bits per heavy atom. The van der Waals surface area contributed by atoms with E-state index in [1.54, 1.807) is 11.8 Å². The van der Waals surface area contributed by atoms with Crippen LogP contribution in [0, 0.1) is 5.92 Å². The Kier molecular flexibility index (Phi) is 4.45. The van der Waals surface area contributed by atoms with E-state index in [-0.39, 0.29) is 29.9 Å². The third-order valence-electron chi connectivity index (χ3n) is 3.96. The van der Waals surface area contributed by atoms with Crippen LogP contribution in [-0.2, 0) is 14.3 Å². The molecule has 19 heavy (non-hydrogen) atoms. The molecule has 2 aliphatic heterocycles. The van der Waals surface area contributed by atoms with Crippen LogP contribution in [0.25, 0.3) is 0 Å². The van der Waals surface area contributed by atoms with Crippen LogP contribution in [0.5, 0.6) is 0 Å². The molecule has 2 amide bonds. The minimum atomic E-state index is -0.410. The molecular weight excluding hydrogens is 244 g/mol. The first kappa shape index (κ1) is 14.3. The molecule has 0 aromatic rings. The third kappa shape index (κ3) is 3.08. The van der Waals surface area contributed by atoms with E-state index in [0.717, 1.165) is 25.9 Å². The van der Waals surface area contributed by atoms with E-state index >= 15 is 0 Å². The van der Waals surface area contributed by atoms with Gasteiger partial charge in [0.1, 0.15) is 12.1 Å². The van der Waals surface area contributed by atoms with E-state index < -0.39 is 6.04 Å². The molecule has 2 fully saturated rings. The highest BCUT2D eigenvalue weighted by Gasteiger charge is 2.40. The fraction of sp³-hybridized carbons (Fsp3) is 0.857. The summed E-state index contributed by atoms with van der Waals surface area (Å²) in [5.41, 5.74) is 0. The van der Waals surface area contributed by atoms with Crippen molar-refractivity contribution in [1.29, 1.82) is 0 Å². The second kappa shape index (κ2) is 5.90. The molecule has 5 heteroatoms. The topological polar surface area (TPSA) is 58.6 Å². The Morgan fingerprint density at radius 2 is 2.16 bits per heavy atom. The Labute approximate surface area is 114 Å². The van der Waals surface area contributed by atoms with Gasteiger partial charge in [-0.3, -0.25) is 9.59 Å². The second-order valence-corrected chi connectivity index (χ2v) is 5.87. The molecule has 5 nitrogen and oxygen atoms in total. The minimum Gasteiger partial charge on any atom is -0.378 e. The van der Waals surface area contributed by atoms with E-state index in [2.05, 4.69) is 5.32 Å². The minimum absolute atomic E-state index is 0.0243. The van der Waals surface area contributed by atoms with Crippen LogP contribution >= 0.6 is 0 Å². The predicted octanol–water partition coefficient (Wildman–Crippen LogP) is 0.927. The van der Waals surface area contributed by atoms with Gasteiger partial charge in [0, 0.05) is 13.2 Å². The summed E-state index contributed by atoms with van der Waals surface area (Å²) < 4.78 is 5.59. The Bertz CT molecular complexity index is 351. The number of hydrogen-bond donors (Lipinski definition) is 1. The second-order valence-electron chi connectivity index (χ2n) is 5.87. The van der Waals surface area contributed by atoms with Crippen molar-refractivity contribution in [2.24, 2.45) is 5.92 Å². The van der Waals surface area contributed by atoms with Gasteiger partial charge in [-0.1, -0.05) is 13.8 Å². The van der Waals surface area contributed by atoms with Crippen molar-refractivity contribution in [2.75, 3.05) is 13.2 Å². The average Bonchev–Trinajstić information content (AvgIpc) is 2.84. The number of nitrogens with one attached hydrogen (secondary N) is 1. The van der Waals surface area contributed by atoms with Gasteiger partial charge in [-0.25, -0.2) is 0 Å². The van der Waals surface area contributed by atoms with Crippen molar-refractivity contribution < 1.29 is 14.3 Å². The molecule has 3 atom stereocenters. The van der Waals surface area contributed by atoms with Crippen LogP contribution in [0.3, 0.4) is 0 Å². The SMILES string of the molecule is CC1NC(=O)C(C(C)C)N(CCC2CCCO2)C1=O. The van der Waals surface area contributed by atoms with Crippen LogP contribution in [0.15, 0.2) is 0 Å². The Hall–Kier alpha value is -1.10. The fourth-order valence-corrected chi connectivity index (χ4v) is 2.95. The number of carbonyl (C=O) groups is 2.